The smallest absolute Gasteiger partial charge is 0.255 e. The Bertz CT molecular complexity index is 1310. The summed E-state index contributed by atoms with van der Waals surface area (Å²) in [6, 6.07) is 7.91. The number of likely N-dealkylation sites (tertiary alicyclic amines) is 1. The molecule has 2 aliphatic rings. The van der Waals surface area contributed by atoms with E-state index in [1.807, 2.05) is 30.3 Å². The van der Waals surface area contributed by atoms with Crippen LogP contribution in [0.3, 0.4) is 0 Å². The summed E-state index contributed by atoms with van der Waals surface area (Å²) < 4.78 is 5.45. The van der Waals surface area contributed by atoms with Gasteiger partial charge in [0, 0.05) is 12.1 Å². The molecule has 2 aromatic heterocycles. The summed E-state index contributed by atoms with van der Waals surface area (Å²) in [6.45, 7) is 2.25. The van der Waals surface area contributed by atoms with E-state index in [2.05, 4.69) is 20.9 Å². The van der Waals surface area contributed by atoms with Crippen LogP contribution in [0.4, 0.5) is 5.00 Å². The van der Waals surface area contributed by atoms with Gasteiger partial charge in [-0.1, -0.05) is 60.9 Å². The zero-order valence-electron chi connectivity index (χ0n) is 22.9. The van der Waals surface area contributed by atoms with Crippen LogP contribution in [0, 0.1) is 5.92 Å². The summed E-state index contributed by atoms with van der Waals surface area (Å²) >= 11 is 1.29. The van der Waals surface area contributed by atoms with Gasteiger partial charge in [-0.15, -0.1) is 0 Å². The lowest BCUT2D eigenvalue weighted by molar-refractivity contribution is -0.142. The number of oxazole rings is 1. The average Bonchev–Trinajstić information content (AvgIpc) is 3.77. The molecule has 11 heteroatoms. The van der Waals surface area contributed by atoms with Gasteiger partial charge in [0.05, 0.1) is 12.2 Å². The van der Waals surface area contributed by atoms with E-state index in [0.717, 1.165) is 44.1 Å². The summed E-state index contributed by atoms with van der Waals surface area (Å²) in [5, 5.41) is 10.2. The zero-order valence-corrected chi connectivity index (χ0v) is 23.7. The molecule has 0 unspecified atom stereocenters. The Morgan fingerprint density at radius 1 is 1.07 bits per heavy atom. The Kier molecular flexibility index (Phi) is 8.91. The van der Waals surface area contributed by atoms with Crippen molar-refractivity contribution in [3.05, 3.63) is 42.8 Å². The summed E-state index contributed by atoms with van der Waals surface area (Å²) in [6.07, 6.45) is 9.31. The molecule has 3 amide bonds. The number of hydrogen-bond donors (Lipinski definition) is 3. The Morgan fingerprint density at radius 2 is 1.85 bits per heavy atom. The molecular formula is C29H36N6O4S. The van der Waals surface area contributed by atoms with Gasteiger partial charge in [-0.25, -0.2) is 9.97 Å². The normalized spacial score (nSPS) is 19.2. The largest absolute Gasteiger partial charge is 0.443 e. The van der Waals surface area contributed by atoms with Crippen molar-refractivity contribution >= 4 is 34.1 Å². The van der Waals surface area contributed by atoms with Crippen LogP contribution in [0.15, 0.2) is 47.2 Å². The summed E-state index contributed by atoms with van der Waals surface area (Å²) in [5.41, 5.74) is 1.47. The number of carbonyl (C=O) groups excluding carboxylic acids is 3. The average molecular weight is 565 g/mol. The number of nitrogens with one attached hydrogen (secondary N) is 3. The molecule has 212 valence electrons. The third kappa shape index (κ3) is 6.10. The number of benzene rings is 1. The van der Waals surface area contributed by atoms with E-state index in [1.54, 1.807) is 25.1 Å². The van der Waals surface area contributed by atoms with Crippen LogP contribution in [0.5, 0.6) is 0 Å². The second kappa shape index (κ2) is 12.7. The SMILES string of the molecule is CN[C@@H](C)C(=O)N[C@H](C(=O)N1CCC[C@@H]1C(=O)Nc1sc(-c2ncco2)nc1-c1ccccc1)C1CCCCC1. The summed E-state index contributed by atoms with van der Waals surface area (Å²) in [5.74, 6) is -0.199. The number of hydrogen-bond acceptors (Lipinski definition) is 8. The van der Waals surface area contributed by atoms with Crippen LogP contribution in [0.1, 0.15) is 51.9 Å². The molecule has 3 N–H and O–H groups in total. The van der Waals surface area contributed by atoms with Crippen molar-refractivity contribution in [2.75, 3.05) is 18.9 Å². The molecule has 3 aromatic rings. The minimum atomic E-state index is -0.642. The first-order chi connectivity index (χ1) is 19.5. The Balaban J connectivity index is 1.38. The predicted molar refractivity (Wildman–Crippen MR) is 153 cm³/mol. The van der Waals surface area contributed by atoms with Gasteiger partial charge in [0.25, 0.3) is 5.89 Å². The predicted octanol–water partition coefficient (Wildman–Crippen LogP) is 4.07. The molecule has 1 saturated heterocycles. The zero-order chi connectivity index (χ0) is 28.1. The monoisotopic (exact) mass is 564 g/mol. The van der Waals surface area contributed by atoms with E-state index in [9.17, 15) is 14.4 Å². The number of carbonyl (C=O) groups is 3. The number of aromatic nitrogens is 2. The molecule has 40 heavy (non-hydrogen) atoms. The van der Waals surface area contributed by atoms with Crippen LogP contribution in [0.25, 0.3) is 22.2 Å². The first-order valence-electron chi connectivity index (χ1n) is 14.0. The van der Waals surface area contributed by atoms with Gasteiger partial charge in [-0.05, 0) is 45.6 Å². The lowest BCUT2D eigenvalue weighted by Crippen LogP contribution is -2.57. The van der Waals surface area contributed by atoms with E-state index in [-0.39, 0.29) is 23.6 Å². The number of likely N-dealkylation sites (N-methyl/N-ethyl adjacent to an activating group) is 1. The Morgan fingerprint density at radius 3 is 2.55 bits per heavy atom. The number of rotatable bonds is 9. The Labute approximate surface area is 238 Å². The van der Waals surface area contributed by atoms with E-state index in [0.29, 0.717) is 34.6 Å². The molecule has 0 spiro atoms. The first kappa shape index (κ1) is 28.0. The van der Waals surface area contributed by atoms with Crippen LogP contribution < -0.4 is 16.0 Å². The second-order valence-electron chi connectivity index (χ2n) is 10.5. The third-order valence-corrected chi connectivity index (χ3v) is 8.84. The van der Waals surface area contributed by atoms with Gasteiger partial charge in [0.1, 0.15) is 29.0 Å². The molecule has 1 aliphatic carbocycles. The minimum Gasteiger partial charge on any atom is -0.443 e. The van der Waals surface area contributed by atoms with E-state index < -0.39 is 18.1 Å². The molecule has 3 heterocycles. The van der Waals surface area contributed by atoms with Crippen molar-refractivity contribution in [3.63, 3.8) is 0 Å². The minimum absolute atomic E-state index is 0.0631. The molecule has 2 fully saturated rings. The first-order valence-corrected chi connectivity index (χ1v) is 14.8. The highest BCUT2D eigenvalue weighted by molar-refractivity contribution is 7.19. The fourth-order valence-electron chi connectivity index (χ4n) is 5.55. The van der Waals surface area contributed by atoms with E-state index in [4.69, 9.17) is 9.40 Å². The second-order valence-corrected chi connectivity index (χ2v) is 11.5. The highest BCUT2D eigenvalue weighted by atomic mass is 32.1. The van der Waals surface area contributed by atoms with Gasteiger partial charge >= 0.3 is 0 Å². The lowest BCUT2D eigenvalue weighted by Gasteiger charge is -2.35. The standard InChI is InChI=1S/C29H36N6O4S/c1-18(30-2)24(36)32-23(20-12-7-4-8-13-20)29(38)35-16-9-14-21(35)25(37)34-27-22(19-10-5-3-6-11-19)33-28(40-27)26-31-15-17-39-26/h3,5-6,10-11,15,17-18,20-21,23,30H,4,7-9,12-14,16H2,1-2H3,(H,32,36)(H,34,37)/t18-,21+,23-/m0/s1. The fraction of sp³-hybridized carbons (Fsp3) is 0.483. The lowest BCUT2D eigenvalue weighted by atomic mass is 9.83. The molecule has 10 nitrogen and oxygen atoms in total. The summed E-state index contributed by atoms with van der Waals surface area (Å²) in [7, 11) is 1.72. The van der Waals surface area contributed by atoms with Crippen molar-refractivity contribution in [2.45, 2.75) is 70.0 Å². The molecule has 0 radical (unpaired) electrons. The van der Waals surface area contributed by atoms with E-state index in [1.165, 1.54) is 17.6 Å². The van der Waals surface area contributed by atoms with Crippen LogP contribution in [-0.4, -0.2) is 64.3 Å². The van der Waals surface area contributed by atoms with Gasteiger partial charge in [0.2, 0.25) is 17.7 Å². The van der Waals surface area contributed by atoms with Crippen LogP contribution in [0.2, 0.25) is 0 Å². The molecule has 0 bridgehead atoms. The Hall–Kier alpha value is -3.57. The van der Waals surface area contributed by atoms with Gasteiger partial charge in [-0.2, -0.15) is 0 Å². The van der Waals surface area contributed by atoms with Gasteiger partial charge < -0.3 is 25.3 Å². The number of thiazole rings is 1. The van der Waals surface area contributed by atoms with Crippen LogP contribution in [-0.2, 0) is 14.4 Å². The van der Waals surface area contributed by atoms with E-state index >= 15 is 0 Å². The van der Waals surface area contributed by atoms with Crippen LogP contribution >= 0.6 is 11.3 Å². The maximum atomic E-state index is 14.0. The molecule has 1 aromatic carbocycles. The number of nitrogens with zero attached hydrogens (tertiary/aromatic N) is 3. The van der Waals surface area contributed by atoms with Crippen molar-refractivity contribution < 1.29 is 18.8 Å². The quantitative estimate of drug-likeness (QED) is 0.357. The fourth-order valence-corrected chi connectivity index (χ4v) is 6.48. The van der Waals surface area contributed by atoms with Gasteiger partial charge in [-0.3, -0.25) is 14.4 Å². The van der Waals surface area contributed by atoms with Crippen molar-refractivity contribution in [3.8, 4) is 22.2 Å². The number of anilines is 1. The topological polar surface area (TPSA) is 129 Å². The summed E-state index contributed by atoms with van der Waals surface area (Å²) in [4.78, 5) is 51.1. The molecule has 5 rings (SSSR count). The molecular weight excluding hydrogens is 528 g/mol. The third-order valence-electron chi connectivity index (χ3n) is 7.88. The highest BCUT2D eigenvalue weighted by Crippen LogP contribution is 2.38. The van der Waals surface area contributed by atoms with Gasteiger partial charge in [0.15, 0.2) is 5.01 Å². The maximum Gasteiger partial charge on any atom is 0.255 e. The maximum absolute atomic E-state index is 14.0. The molecule has 1 aliphatic heterocycles. The molecule has 1 saturated carbocycles. The van der Waals surface area contributed by atoms with Crippen molar-refractivity contribution in [1.82, 2.24) is 25.5 Å². The molecule has 3 atom stereocenters. The van der Waals surface area contributed by atoms with Crippen molar-refractivity contribution in [1.29, 1.82) is 0 Å². The highest BCUT2D eigenvalue weighted by Gasteiger charge is 2.41. The number of amides is 3. The van der Waals surface area contributed by atoms with Crippen molar-refractivity contribution in [2.24, 2.45) is 5.92 Å².